The third-order valence-electron chi connectivity index (χ3n) is 2.71. The lowest BCUT2D eigenvalue weighted by atomic mass is 10.1. The van der Waals surface area contributed by atoms with Crippen LogP contribution in [-0.4, -0.2) is 19.3 Å². The van der Waals surface area contributed by atoms with Crippen molar-refractivity contribution < 1.29 is 4.74 Å². The van der Waals surface area contributed by atoms with Crippen molar-refractivity contribution in [2.75, 3.05) is 18.5 Å². The molecule has 1 fully saturated rings. The highest BCUT2D eigenvalue weighted by Gasteiger charge is 2.14. The van der Waals surface area contributed by atoms with Crippen LogP contribution in [0.2, 0.25) is 0 Å². The maximum atomic E-state index is 5.34. The summed E-state index contributed by atoms with van der Waals surface area (Å²) in [4.78, 5) is 0. The molecule has 3 heteroatoms. The predicted molar refractivity (Wildman–Crippen MR) is 71.4 cm³/mol. The largest absolute Gasteiger partial charge is 0.381 e. The van der Waals surface area contributed by atoms with Crippen LogP contribution in [0.1, 0.15) is 18.4 Å². The van der Waals surface area contributed by atoms with Crippen molar-refractivity contribution in [3.05, 3.63) is 27.3 Å². The fourth-order valence-electron chi connectivity index (χ4n) is 1.80. The molecule has 1 aliphatic rings. The summed E-state index contributed by atoms with van der Waals surface area (Å²) < 4.78 is 6.65. The second kappa shape index (κ2) is 5.16. The highest BCUT2D eigenvalue weighted by molar-refractivity contribution is 14.1. The van der Waals surface area contributed by atoms with Crippen LogP contribution in [-0.2, 0) is 4.74 Å². The Bertz CT molecular complexity index is 334. The molecule has 0 atom stereocenters. The highest BCUT2D eigenvalue weighted by Crippen LogP contribution is 2.22. The molecule has 2 rings (SSSR count). The second-order valence-electron chi connectivity index (χ2n) is 4.01. The number of rotatable bonds is 2. The van der Waals surface area contributed by atoms with Crippen molar-refractivity contribution in [2.24, 2.45) is 0 Å². The number of aryl methyl sites for hydroxylation is 1. The van der Waals surface area contributed by atoms with Gasteiger partial charge < -0.3 is 10.1 Å². The van der Waals surface area contributed by atoms with E-state index in [4.69, 9.17) is 4.74 Å². The Balaban J connectivity index is 2.03. The zero-order valence-corrected chi connectivity index (χ0v) is 11.1. The Labute approximate surface area is 105 Å². The molecule has 0 spiro atoms. The number of hydrogen-bond donors (Lipinski definition) is 1. The summed E-state index contributed by atoms with van der Waals surface area (Å²) in [6, 6.07) is 7.12. The van der Waals surface area contributed by atoms with Gasteiger partial charge in [0.2, 0.25) is 0 Å². The van der Waals surface area contributed by atoms with Gasteiger partial charge in [-0.2, -0.15) is 0 Å². The van der Waals surface area contributed by atoms with Crippen LogP contribution in [0.25, 0.3) is 0 Å². The molecule has 0 bridgehead atoms. The quantitative estimate of drug-likeness (QED) is 0.846. The standard InChI is InChI=1S/C12H16INO/c1-9-2-3-12(11(13)8-9)14-10-4-6-15-7-5-10/h2-3,8,10,14H,4-7H2,1H3. The van der Waals surface area contributed by atoms with Gasteiger partial charge in [0.25, 0.3) is 0 Å². The lowest BCUT2D eigenvalue weighted by molar-refractivity contribution is 0.0904. The average Bonchev–Trinajstić information content (AvgIpc) is 2.24. The molecule has 1 aromatic rings. The zero-order valence-electron chi connectivity index (χ0n) is 8.92. The SMILES string of the molecule is Cc1ccc(NC2CCOCC2)c(I)c1. The molecule has 1 saturated heterocycles. The van der Waals surface area contributed by atoms with Crippen LogP contribution in [0.5, 0.6) is 0 Å². The van der Waals surface area contributed by atoms with Crippen molar-refractivity contribution in [1.82, 2.24) is 0 Å². The smallest absolute Gasteiger partial charge is 0.0485 e. The molecule has 15 heavy (non-hydrogen) atoms. The monoisotopic (exact) mass is 317 g/mol. The molecule has 0 unspecified atom stereocenters. The number of nitrogens with one attached hydrogen (secondary N) is 1. The summed E-state index contributed by atoms with van der Waals surface area (Å²) in [5.41, 5.74) is 2.57. The summed E-state index contributed by atoms with van der Waals surface area (Å²) >= 11 is 2.39. The van der Waals surface area contributed by atoms with E-state index in [0.29, 0.717) is 6.04 Å². The van der Waals surface area contributed by atoms with Gasteiger partial charge in [0.1, 0.15) is 0 Å². The third-order valence-corrected chi connectivity index (χ3v) is 3.60. The van der Waals surface area contributed by atoms with Gasteiger partial charge in [0.15, 0.2) is 0 Å². The number of ether oxygens (including phenoxy) is 1. The van der Waals surface area contributed by atoms with E-state index in [2.05, 4.69) is 53.0 Å². The fourth-order valence-corrected chi connectivity index (χ4v) is 2.63. The number of anilines is 1. The van der Waals surface area contributed by atoms with Gasteiger partial charge in [-0.15, -0.1) is 0 Å². The van der Waals surface area contributed by atoms with Crippen molar-refractivity contribution in [2.45, 2.75) is 25.8 Å². The first kappa shape index (κ1) is 11.2. The Morgan fingerprint density at radius 2 is 2.07 bits per heavy atom. The van der Waals surface area contributed by atoms with E-state index in [1.165, 1.54) is 14.8 Å². The predicted octanol–water partition coefficient (Wildman–Crippen LogP) is 3.19. The summed E-state index contributed by atoms with van der Waals surface area (Å²) in [5, 5.41) is 3.59. The first-order valence-electron chi connectivity index (χ1n) is 5.36. The minimum absolute atomic E-state index is 0.579. The highest BCUT2D eigenvalue weighted by atomic mass is 127. The zero-order chi connectivity index (χ0) is 10.7. The van der Waals surface area contributed by atoms with Crippen molar-refractivity contribution in [1.29, 1.82) is 0 Å². The van der Waals surface area contributed by atoms with Gasteiger partial charge in [0, 0.05) is 28.5 Å². The van der Waals surface area contributed by atoms with E-state index in [1.807, 2.05) is 0 Å². The van der Waals surface area contributed by atoms with Crippen LogP contribution >= 0.6 is 22.6 Å². The third kappa shape index (κ3) is 3.08. The molecule has 0 saturated carbocycles. The number of hydrogen-bond acceptors (Lipinski definition) is 2. The Hall–Kier alpha value is -0.290. The van der Waals surface area contributed by atoms with Crippen LogP contribution in [0.3, 0.4) is 0 Å². The lowest BCUT2D eigenvalue weighted by Gasteiger charge is -2.24. The summed E-state index contributed by atoms with van der Waals surface area (Å²) in [6.07, 6.45) is 2.23. The molecule has 0 amide bonds. The Kier molecular flexibility index (Phi) is 3.86. The molecular formula is C12H16INO. The maximum Gasteiger partial charge on any atom is 0.0485 e. The molecule has 1 aromatic carbocycles. The topological polar surface area (TPSA) is 21.3 Å². The van der Waals surface area contributed by atoms with Crippen LogP contribution in [0, 0.1) is 10.5 Å². The van der Waals surface area contributed by atoms with Gasteiger partial charge in [-0.05, 0) is 60.1 Å². The lowest BCUT2D eigenvalue weighted by Crippen LogP contribution is -2.28. The van der Waals surface area contributed by atoms with E-state index in [9.17, 15) is 0 Å². The minimum Gasteiger partial charge on any atom is -0.381 e. The number of halogens is 1. The minimum atomic E-state index is 0.579. The summed E-state index contributed by atoms with van der Waals surface area (Å²) in [5.74, 6) is 0. The molecule has 1 N–H and O–H groups in total. The summed E-state index contributed by atoms with van der Waals surface area (Å²) in [6.45, 7) is 3.90. The van der Waals surface area contributed by atoms with E-state index >= 15 is 0 Å². The normalized spacial score (nSPS) is 17.7. The number of benzene rings is 1. The first-order chi connectivity index (χ1) is 7.25. The Morgan fingerprint density at radius 1 is 1.33 bits per heavy atom. The summed E-state index contributed by atoms with van der Waals surface area (Å²) in [7, 11) is 0. The molecule has 1 heterocycles. The molecule has 82 valence electrons. The molecule has 1 aliphatic heterocycles. The molecule has 0 radical (unpaired) electrons. The van der Waals surface area contributed by atoms with Gasteiger partial charge in [-0.25, -0.2) is 0 Å². The average molecular weight is 317 g/mol. The van der Waals surface area contributed by atoms with E-state index in [0.717, 1.165) is 26.1 Å². The van der Waals surface area contributed by atoms with Gasteiger partial charge in [-0.1, -0.05) is 6.07 Å². The molecular weight excluding hydrogens is 301 g/mol. The van der Waals surface area contributed by atoms with Gasteiger partial charge >= 0.3 is 0 Å². The first-order valence-corrected chi connectivity index (χ1v) is 6.44. The van der Waals surface area contributed by atoms with E-state index in [1.54, 1.807) is 0 Å². The van der Waals surface area contributed by atoms with Crippen molar-refractivity contribution >= 4 is 28.3 Å². The fraction of sp³-hybridized carbons (Fsp3) is 0.500. The van der Waals surface area contributed by atoms with Crippen LogP contribution in [0.15, 0.2) is 18.2 Å². The van der Waals surface area contributed by atoms with Gasteiger partial charge in [0.05, 0.1) is 0 Å². The Morgan fingerprint density at radius 3 is 2.73 bits per heavy atom. The molecule has 2 nitrogen and oxygen atoms in total. The van der Waals surface area contributed by atoms with Crippen molar-refractivity contribution in [3.63, 3.8) is 0 Å². The van der Waals surface area contributed by atoms with E-state index in [-0.39, 0.29) is 0 Å². The second-order valence-corrected chi connectivity index (χ2v) is 5.18. The van der Waals surface area contributed by atoms with Crippen LogP contribution < -0.4 is 5.32 Å². The molecule has 0 aromatic heterocycles. The van der Waals surface area contributed by atoms with Crippen molar-refractivity contribution in [3.8, 4) is 0 Å². The van der Waals surface area contributed by atoms with E-state index < -0.39 is 0 Å². The maximum absolute atomic E-state index is 5.34. The van der Waals surface area contributed by atoms with Crippen LogP contribution in [0.4, 0.5) is 5.69 Å². The van der Waals surface area contributed by atoms with Gasteiger partial charge in [-0.3, -0.25) is 0 Å². The molecule has 0 aliphatic carbocycles.